The molecule has 0 aromatic heterocycles. The van der Waals surface area contributed by atoms with Crippen molar-refractivity contribution in [3.63, 3.8) is 0 Å². The van der Waals surface area contributed by atoms with Crippen molar-refractivity contribution in [2.45, 2.75) is 32.8 Å². The molecular weight excluding hydrogens is 481 g/mol. The van der Waals surface area contributed by atoms with Crippen molar-refractivity contribution < 1.29 is 13.2 Å². The zero-order chi connectivity index (χ0) is 23.1. The average molecular weight is 513 g/mol. The number of anilines is 1. The number of amidine groups is 1. The van der Waals surface area contributed by atoms with Crippen molar-refractivity contribution in [3.8, 4) is 5.75 Å². The van der Waals surface area contributed by atoms with Gasteiger partial charge in [0.15, 0.2) is 0 Å². The van der Waals surface area contributed by atoms with E-state index < -0.39 is 10.0 Å². The second-order valence-corrected chi connectivity index (χ2v) is 10.4. The number of rotatable bonds is 8. The number of ether oxygens (including phenoxy) is 1. The van der Waals surface area contributed by atoms with Gasteiger partial charge in [0, 0.05) is 31.0 Å². The third kappa shape index (κ3) is 7.66. The molecule has 1 N–H and O–H groups in total. The molecule has 33 heavy (non-hydrogen) atoms. The molecule has 9 heteroatoms. The molecule has 0 atom stereocenters. The van der Waals surface area contributed by atoms with E-state index >= 15 is 0 Å². The van der Waals surface area contributed by atoms with E-state index in [2.05, 4.69) is 0 Å². The number of halogens is 2. The molecule has 2 aromatic rings. The molecule has 0 saturated carbocycles. The molecule has 0 aliphatic carbocycles. The molecule has 6 nitrogen and oxygen atoms in total. The molecule has 3 rings (SSSR count). The minimum absolute atomic E-state index is 0. The molecule has 180 valence electrons. The van der Waals surface area contributed by atoms with E-state index in [0.717, 1.165) is 37.2 Å². The van der Waals surface area contributed by atoms with Gasteiger partial charge in [-0.1, -0.05) is 35.9 Å². The Labute approximate surface area is 208 Å². The molecule has 1 aliphatic rings. The van der Waals surface area contributed by atoms with Crippen LogP contribution in [0, 0.1) is 5.41 Å². The van der Waals surface area contributed by atoms with Gasteiger partial charge in [0.1, 0.15) is 11.9 Å². The average Bonchev–Trinajstić information content (AvgIpc) is 2.78. The summed E-state index contributed by atoms with van der Waals surface area (Å²) in [6.07, 6.45) is 5.52. The van der Waals surface area contributed by atoms with Crippen molar-refractivity contribution in [2.75, 3.05) is 29.7 Å². The summed E-state index contributed by atoms with van der Waals surface area (Å²) in [5.41, 5.74) is 1.52. The Morgan fingerprint density at radius 2 is 1.88 bits per heavy atom. The molecular formula is C24H31Cl2N3O3S. The lowest BCUT2D eigenvalue weighted by atomic mass is 10.1. The summed E-state index contributed by atoms with van der Waals surface area (Å²) in [4.78, 5) is 2.05. The quantitative estimate of drug-likeness (QED) is 0.376. The van der Waals surface area contributed by atoms with Crippen LogP contribution in [-0.2, 0) is 10.0 Å². The van der Waals surface area contributed by atoms with Gasteiger partial charge in [0.05, 0.1) is 23.8 Å². The number of benzene rings is 2. The van der Waals surface area contributed by atoms with Gasteiger partial charge < -0.3 is 9.64 Å². The van der Waals surface area contributed by atoms with Gasteiger partial charge in [0.25, 0.3) is 0 Å². The first-order valence-corrected chi connectivity index (χ1v) is 12.8. The maximum absolute atomic E-state index is 12.7. The minimum Gasteiger partial charge on any atom is -0.490 e. The normalized spacial score (nSPS) is 14.7. The fourth-order valence-corrected chi connectivity index (χ4v) is 4.89. The third-order valence-corrected chi connectivity index (χ3v) is 7.47. The maximum atomic E-state index is 12.7. The standard InChI is InChI=1S/C24H30ClN3O3S.ClH/c1-3-32(29,30)28(15-5-7-20-6-4-8-21(25)18-20)22-9-11-23(12-10-22)31-24-13-16-27(17-14-24)19(2)26;/h4-12,18,24,26H,3,13-17H2,1-2H3;1H/b7-5+,26-19?;. The van der Waals surface area contributed by atoms with Crippen LogP contribution in [0.5, 0.6) is 5.75 Å². The second kappa shape index (κ2) is 12.3. The van der Waals surface area contributed by atoms with Gasteiger partial charge in [-0.15, -0.1) is 12.4 Å². The molecule has 1 saturated heterocycles. The number of nitrogens with zero attached hydrogens (tertiary/aromatic N) is 2. The number of likely N-dealkylation sites (tertiary alicyclic amines) is 1. The number of piperidine rings is 1. The SMILES string of the molecule is CCS(=O)(=O)N(C/C=C/c1cccc(Cl)c1)c1ccc(OC2CCN(C(C)=N)CC2)cc1.Cl. The highest BCUT2D eigenvalue weighted by Gasteiger charge is 2.22. The Balaban J connectivity index is 0.00000385. The van der Waals surface area contributed by atoms with Gasteiger partial charge >= 0.3 is 0 Å². The second-order valence-electron chi connectivity index (χ2n) is 7.77. The predicted octanol–water partition coefficient (Wildman–Crippen LogP) is 5.47. The molecule has 0 spiro atoms. The summed E-state index contributed by atoms with van der Waals surface area (Å²) in [5.74, 6) is 1.33. The van der Waals surface area contributed by atoms with Gasteiger partial charge in [-0.05, 0) is 55.8 Å². The summed E-state index contributed by atoms with van der Waals surface area (Å²) >= 11 is 6.02. The van der Waals surface area contributed by atoms with Crippen LogP contribution in [0.3, 0.4) is 0 Å². The van der Waals surface area contributed by atoms with Crippen LogP contribution in [0.15, 0.2) is 54.6 Å². The monoisotopic (exact) mass is 511 g/mol. The highest BCUT2D eigenvalue weighted by Crippen LogP contribution is 2.25. The lowest BCUT2D eigenvalue weighted by Gasteiger charge is -2.32. The topological polar surface area (TPSA) is 73.7 Å². The van der Waals surface area contributed by atoms with Gasteiger partial charge in [-0.25, -0.2) is 8.42 Å². The van der Waals surface area contributed by atoms with Crippen molar-refractivity contribution in [2.24, 2.45) is 0 Å². The predicted molar refractivity (Wildman–Crippen MR) is 140 cm³/mol. The lowest BCUT2D eigenvalue weighted by molar-refractivity contribution is 0.130. The van der Waals surface area contributed by atoms with E-state index in [4.69, 9.17) is 21.7 Å². The van der Waals surface area contributed by atoms with E-state index in [1.54, 1.807) is 32.0 Å². The van der Waals surface area contributed by atoms with Crippen LogP contribution in [-0.4, -0.2) is 50.6 Å². The summed E-state index contributed by atoms with van der Waals surface area (Å²) in [6, 6.07) is 14.6. The minimum atomic E-state index is -3.44. The fourth-order valence-electron chi connectivity index (χ4n) is 3.62. The van der Waals surface area contributed by atoms with Gasteiger partial charge in [-0.3, -0.25) is 9.71 Å². The molecule has 1 fully saturated rings. The van der Waals surface area contributed by atoms with Crippen LogP contribution >= 0.6 is 24.0 Å². The Morgan fingerprint density at radius 3 is 2.45 bits per heavy atom. The van der Waals surface area contributed by atoms with E-state index in [9.17, 15) is 8.42 Å². The van der Waals surface area contributed by atoms with Crippen molar-refractivity contribution in [1.29, 1.82) is 5.41 Å². The largest absolute Gasteiger partial charge is 0.490 e. The Morgan fingerprint density at radius 1 is 1.21 bits per heavy atom. The fraction of sp³-hybridized carbons (Fsp3) is 0.375. The summed E-state index contributed by atoms with van der Waals surface area (Å²) in [7, 11) is -3.44. The van der Waals surface area contributed by atoms with Crippen molar-refractivity contribution >= 4 is 51.6 Å². The van der Waals surface area contributed by atoms with Crippen molar-refractivity contribution in [3.05, 3.63) is 65.2 Å². The molecule has 0 radical (unpaired) electrons. The van der Waals surface area contributed by atoms with Crippen LogP contribution in [0.1, 0.15) is 32.3 Å². The van der Waals surface area contributed by atoms with E-state index in [1.165, 1.54) is 4.31 Å². The first kappa shape index (κ1) is 27.0. The summed E-state index contributed by atoms with van der Waals surface area (Å²) < 4.78 is 32.9. The third-order valence-electron chi connectivity index (χ3n) is 5.47. The number of sulfonamides is 1. The van der Waals surface area contributed by atoms with Crippen LogP contribution < -0.4 is 9.04 Å². The highest BCUT2D eigenvalue weighted by atomic mass is 35.5. The molecule has 0 amide bonds. The Hall–Kier alpha value is -2.22. The zero-order valence-electron chi connectivity index (χ0n) is 18.9. The van der Waals surface area contributed by atoms with E-state index in [1.807, 2.05) is 47.4 Å². The first-order chi connectivity index (χ1) is 15.3. The number of hydrogen-bond donors (Lipinski definition) is 1. The summed E-state index contributed by atoms with van der Waals surface area (Å²) in [5, 5.41) is 8.37. The van der Waals surface area contributed by atoms with Gasteiger partial charge in [0.2, 0.25) is 10.0 Å². The molecule has 1 aliphatic heterocycles. The number of nitrogens with one attached hydrogen (secondary N) is 1. The number of hydrogen-bond acceptors (Lipinski definition) is 4. The molecule has 0 bridgehead atoms. The molecule has 1 heterocycles. The summed E-state index contributed by atoms with van der Waals surface area (Å²) in [6.45, 7) is 5.31. The van der Waals surface area contributed by atoms with Crippen LogP contribution in [0.25, 0.3) is 6.08 Å². The highest BCUT2D eigenvalue weighted by molar-refractivity contribution is 7.92. The van der Waals surface area contributed by atoms with E-state index in [0.29, 0.717) is 16.5 Å². The molecule has 0 unspecified atom stereocenters. The lowest BCUT2D eigenvalue weighted by Crippen LogP contribution is -2.40. The van der Waals surface area contributed by atoms with Gasteiger partial charge in [-0.2, -0.15) is 0 Å². The van der Waals surface area contributed by atoms with Crippen LogP contribution in [0.2, 0.25) is 5.02 Å². The smallest absolute Gasteiger partial charge is 0.235 e. The first-order valence-electron chi connectivity index (χ1n) is 10.8. The van der Waals surface area contributed by atoms with Crippen molar-refractivity contribution in [1.82, 2.24) is 4.90 Å². The van der Waals surface area contributed by atoms with E-state index in [-0.39, 0.29) is 30.8 Å². The Kier molecular flexibility index (Phi) is 10.1. The van der Waals surface area contributed by atoms with Crippen LogP contribution in [0.4, 0.5) is 5.69 Å². The Bertz CT molecular complexity index is 1050. The zero-order valence-corrected chi connectivity index (χ0v) is 21.3. The maximum Gasteiger partial charge on any atom is 0.235 e. The molecule has 2 aromatic carbocycles.